The Morgan fingerprint density at radius 2 is 2.00 bits per heavy atom. The molecule has 0 saturated heterocycles. The van der Waals surface area contributed by atoms with Crippen molar-refractivity contribution in [3.63, 3.8) is 0 Å². The van der Waals surface area contributed by atoms with E-state index in [1.165, 1.54) is 6.07 Å². The van der Waals surface area contributed by atoms with Crippen molar-refractivity contribution >= 4 is 17.3 Å². The molecule has 0 aliphatic heterocycles. The van der Waals surface area contributed by atoms with E-state index < -0.39 is 16.4 Å². The molecule has 1 aromatic carbocycles. The molecular formula is C6H3ClNNaO3. The van der Waals surface area contributed by atoms with Crippen LogP contribution in [0.3, 0.4) is 0 Å². The van der Waals surface area contributed by atoms with Gasteiger partial charge in [0.25, 0.3) is 5.69 Å². The molecule has 0 N–H and O–H groups in total. The van der Waals surface area contributed by atoms with E-state index in [2.05, 4.69) is 0 Å². The van der Waals surface area contributed by atoms with E-state index in [-0.39, 0.29) is 34.6 Å². The Bertz CT molecular complexity index is 305. The van der Waals surface area contributed by atoms with Crippen LogP contribution < -0.4 is 34.7 Å². The summed E-state index contributed by atoms with van der Waals surface area (Å²) in [4.78, 5) is 9.36. The summed E-state index contributed by atoms with van der Waals surface area (Å²) in [6.45, 7) is 0. The van der Waals surface area contributed by atoms with Crippen LogP contribution >= 0.6 is 11.6 Å². The average molecular weight is 196 g/mol. The van der Waals surface area contributed by atoms with Gasteiger partial charge in [-0.15, -0.1) is 0 Å². The summed E-state index contributed by atoms with van der Waals surface area (Å²) >= 11 is 5.40. The second-order valence-corrected chi connectivity index (χ2v) is 2.31. The van der Waals surface area contributed by atoms with Crippen molar-refractivity contribution in [1.29, 1.82) is 0 Å². The van der Waals surface area contributed by atoms with Crippen LogP contribution in [0.4, 0.5) is 5.69 Å². The molecule has 58 valence electrons. The van der Waals surface area contributed by atoms with E-state index in [0.29, 0.717) is 0 Å². The molecule has 12 heavy (non-hydrogen) atoms. The van der Waals surface area contributed by atoms with Gasteiger partial charge in [0.15, 0.2) is 0 Å². The summed E-state index contributed by atoms with van der Waals surface area (Å²) in [5, 5.41) is 21.1. The molecule has 0 fully saturated rings. The average Bonchev–Trinajstić information content (AvgIpc) is 1.85. The van der Waals surface area contributed by atoms with E-state index in [1.807, 2.05) is 0 Å². The predicted octanol–water partition coefficient (Wildman–Crippen LogP) is -1.67. The number of nitro benzene ring substituents is 1. The summed E-state index contributed by atoms with van der Waals surface area (Å²) in [6.07, 6.45) is 0. The van der Waals surface area contributed by atoms with Gasteiger partial charge in [0.05, 0.1) is 4.92 Å². The zero-order valence-electron chi connectivity index (χ0n) is 6.28. The molecule has 1 aromatic rings. The van der Waals surface area contributed by atoms with Gasteiger partial charge in [-0.1, -0.05) is 11.6 Å². The van der Waals surface area contributed by atoms with Crippen LogP contribution in [0.1, 0.15) is 0 Å². The van der Waals surface area contributed by atoms with Crippen molar-refractivity contribution in [3.8, 4) is 5.75 Å². The van der Waals surface area contributed by atoms with E-state index in [1.54, 1.807) is 0 Å². The van der Waals surface area contributed by atoms with Gasteiger partial charge < -0.3 is 5.11 Å². The molecule has 0 aromatic heterocycles. The molecule has 0 radical (unpaired) electrons. The van der Waals surface area contributed by atoms with Gasteiger partial charge in [0, 0.05) is 11.1 Å². The molecule has 0 atom stereocenters. The Hall–Kier alpha value is -0.290. The minimum atomic E-state index is -0.737. The van der Waals surface area contributed by atoms with Gasteiger partial charge in [-0.3, -0.25) is 10.1 Å². The first kappa shape index (κ1) is 11.7. The normalized spacial score (nSPS) is 8.75. The molecule has 0 spiro atoms. The predicted molar refractivity (Wildman–Crippen MR) is 37.6 cm³/mol. The van der Waals surface area contributed by atoms with Gasteiger partial charge >= 0.3 is 29.6 Å². The summed E-state index contributed by atoms with van der Waals surface area (Å²) < 4.78 is 0. The van der Waals surface area contributed by atoms with E-state index in [0.717, 1.165) is 12.1 Å². The van der Waals surface area contributed by atoms with Crippen molar-refractivity contribution in [2.45, 2.75) is 0 Å². The first-order valence-electron chi connectivity index (χ1n) is 2.72. The molecule has 6 heteroatoms. The van der Waals surface area contributed by atoms with Crippen LogP contribution in [0.5, 0.6) is 5.75 Å². The smallest absolute Gasteiger partial charge is 0.868 e. The molecule has 0 bridgehead atoms. The fraction of sp³-hybridized carbons (Fsp3) is 0. The number of halogens is 1. The minimum absolute atomic E-state index is 0. The van der Waals surface area contributed by atoms with Gasteiger partial charge in [-0.05, 0) is 17.9 Å². The molecule has 0 amide bonds. The van der Waals surface area contributed by atoms with Gasteiger partial charge in [-0.2, -0.15) is 0 Å². The zero-order chi connectivity index (χ0) is 8.43. The second kappa shape index (κ2) is 4.67. The Kier molecular flexibility index (Phi) is 4.55. The van der Waals surface area contributed by atoms with Gasteiger partial charge in [0.1, 0.15) is 0 Å². The van der Waals surface area contributed by atoms with Crippen LogP contribution in [0, 0.1) is 10.1 Å². The van der Waals surface area contributed by atoms with Crippen LogP contribution in [0.2, 0.25) is 5.02 Å². The van der Waals surface area contributed by atoms with Crippen molar-refractivity contribution in [2.24, 2.45) is 0 Å². The Balaban J connectivity index is 0.00000121. The van der Waals surface area contributed by atoms with Crippen molar-refractivity contribution in [2.75, 3.05) is 0 Å². The largest absolute Gasteiger partial charge is 1.00 e. The molecule has 0 heterocycles. The van der Waals surface area contributed by atoms with Crippen LogP contribution in [-0.4, -0.2) is 4.92 Å². The van der Waals surface area contributed by atoms with E-state index >= 15 is 0 Å². The SMILES string of the molecule is O=[N+]([O-])c1ccc(Cl)cc1[O-].[Na+]. The van der Waals surface area contributed by atoms with Gasteiger partial charge in [0.2, 0.25) is 0 Å². The summed E-state index contributed by atoms with van der Waals surface area (Å²) in [5.41, 5.74) is -0.450. The third kappa shape index (κ3) is 2.64. The van der Waals surface area contributed by atoms with Crippen LogP contribution in [0.25, 0.3) is 0 Å². The Morgan fingerprint density at radius 1 is 1.42 bits per heavy atom. The van der Waals surface area contributed by atoms with Crippen LogP contribution in [-0.2, 0) is 0 Å². The molecule has 0 saturated carbocycles. The van der Waals surface area contributed by atoms with Gasteiger partial charge in [-0.25, -0.2) is 0 Å². The summed E-state index contributed by atoms with van der Waals surface area (Å²) in [5.74, 6) is -0.664. The Labute approximate surface area is 95.6 Å². The molecule has 4 nitrogen and oxygen atoms in total. The summed E-state index contributed by atoms with van der Waals surface area (Å²) in [7, 11) is 0. The number of hydrogen-bond acceptors (Lipinski definition) is 3. The maximum absolute atomic E-state index is 10.8. The fourth-order valence-electron chi connectivity index (χ4n) is 0.639. The van der Waals surface area contributed by atoms with E-state index in [9.17, 15) is 15.2 Å². The van der Waals surface area contributed by atoms with Crippen molar-refractivity contribution in [1.82, 2.24) is 0 Å². The third-order valence-corrected chi connectivity index (χ3v) is 1.35. The summed E-state index contributed by atoms with van der Waals surface area (Å²) in [6, 6.07) is 3.41. The third-order valence-electron chi connectivity index (χ3n) is 1.12. The van der Waals surface area contributed by atoms with Crippen molar-refractivity contribution < 1.29 is 39.6 Å². The quantitative estimate of drug-likeness (QED) is 0.306. The minimum Gasteiger partial charge on any atom is -0.868 e. The topological polar surface area (TPSA) is 66.2 Å². The standard InChI is InChI=1S/C6H4ClNO3.Na/c7-4-1-2-5(8(10)11)6(9)3-4;/h1-3,9H;/q;+1/p-1. The number of rotatable bonds is 1. The fourth-order valence-corrected chi connectivity index (χ4v) is 0.801. The number of nitro groups is 1. The second-order valence-electron chi connectivity index (χ2n) is 1.87. The zero-order valence-corrected chi connectivity index (χ0v) is 9.04. The molecule has 0 aliphatic carbocycles. The van der Waals surface area contributed by atoms with E-state index in [4.69, 9.17) is 11.6 Å². The Morgan fingerprint density at radius 3 is 2.42 bits per heavy atom. The first-order chi connectivity index (χ1) is 5.11. The van der Waals surface area contributed by atoms with Crippen LogP contribution in [0.15, 0.2) is 18.2 Å². The first-order valence-corrected chi connectivity index (χ1v) is 3.10. The van der Waals surface area contributed by atoms with Crippen molar-refractivity contribution in [3.05, 3.63) is 33.3 Å². The number of nitrogens with zero attached hydrogens (tertiary/aromatic N) is 1. The molecular weight excluding hydrogens is 193 g/mol. The monoisotopic (exact) mass is 195 g/mol. The molecule has 0 aliphatic rings. The molecule has 1 rings (SSSR count). The number of hydrogen-bond donors (Lipinski definition) is 0. The maximum atomic E-state index is 10.8. The molecule has 0 unspecified atom stereocenters. The maximum Gasteiger partial charge on any atom is 1.00 e. The number of benzene rings is 1.